The standard InChI is InChI=1S/C12H14N2/c1-2-3-11-6-4-9-8-10(13)5-7-12(9)14-11/h4-8H,2-3,13H2,1H3. The molecule has 0 amide bonds. The van der Waals surface area contributed by atoms with Gasteiger partial charge in [-0.1, -0.05) is 19.4 Å². The summed E-state index contributed by atoms with van der Waals surface area (Å²) in [6.07, 6.45) is 2.17. The van der Waals surface area contributed by atoms with Crippen LogP contribution < -0.4 is 5.73 Å². The first kappa shape index (κ1) is 9.00. The Kier molecular flexibility index (Phi) is 2.35. The third kappa shape index (κ3) is 1.69. The van der Waals surface area contributed by atoms with Crippen LogP contribution in [0.25, 0.3) is 10.9 Å². The minimum atomic E-state index is 0.794. The first-order chi connectivity index (χ1) is 6.79. The molecule has 2 aromatic rings. The zero-order valence-corrected chi connectivity index (χ0v) is 8.33. The molecule has 0 fully saturated rings. The van der Waals surface area contributed by atoms with Crippen LogP contribution in [-0.2, 0) is 6.42 Å². The van der Waals surface area contributed by atoms with Crippen molar-refractivity contribution in [2.45, 2.75) is 19.8 Å². The highest BCUT2D eigenvalue weighted by molar-refractivity contribution is 5.81. The average molecular weight is 186 g/mol. The number of nitrogen functional groups attached to an aromatic ring is 1. The predicted octanol–water partition coefficient (Wildman–Crippen LogP) is 2.77. The van der Waals surface area contributed by atoms with Gasteiger partial charge in [-0.2, -0.15) is 0 Å². The lowest BCUT2D eigenvalue weighted by atomic mass is 10.1. The summed E-state index contributed by atoms with van der Waals surface area (Å²) >= 11 is 0. The van der Waals surface area contributed by atoms with Crippen molar-refractivity contribution in [3.05, 3.63) is 36.0 Å². The Morgan fingerprint density at radius 3 is 2.86 bits per heavy atom. The van der Waals surface area contributed by atoms with Gasteiger partial charge in [0.1, 0.15) is 0 Å². The molecule has 72 valence electrons. The van der Waals surface area contributed by atoms with Crippen molar-refractivity contribution in [1.82, 2.24) is 4.98 Å². The normalized spacial score (nSPS) is 10.6. The monoisotopic (exact) mass is 186 g/mol. The Labute approximate surface area is 83.8 Å². The van der Waals surface area contributed by atoms with Crippen molar-refractivity contribution in [2.24, 2.45) is 0 Å². The molecule has 2 heteroatoms. The van der Waals surface area contributed by atoms with Gasteiger partial charge in [0.15, 0.2) is 0 Å². The highest BCUT2D eigenvalue weighted by Crippen LogP contribution is 2.16. The van der Waals surface area contributed by atoms with Crippen LogP contribution in [0.5, 0.6) is 0 Å². The van der Waals surface area contributed by atoms with E-state index < -0.39 is 0 Å². The number of anilines is 1. The highest BCUT2D eigenvalue weighted by Gasteiger charge is 1.97. The van der Waals surface area contributed by atoms with Gasteiger partial charge in [0.25, 0.3) is 0 Å². The summed E-state index contributed by atoms with van der Waals surface area (Å²) in [5.41, 5.74) is 8.68. The van der Waals surface area contributed by atoms with Crippen LogP contribution >= 0.6 is 0 Å². The molecule has 0 aliphatic rings. The molecule has 0 aliphatic heterocycles. The van der Waals surface area contributed by atoms with E-state index in [4.69, 9.17) is 5.73 Å². The first-order valence-corrected chi connectivity index (χ1v) is 4.95. The molecule has 0 aliphatic carbocycles. The molecule has 0 bridgehead atoms. The fourth-order valence-electron chi connectivity index (χ4n) is 1.58. The maximum atomic E-state index is 5.69. The Hall–Kier alpha value is -1.57. The van der Waals surface area contributed by atoms with Crippen LogP contribution in [0.4, 0.5) is 5.69 Å². The predicted molar refractivity (Wildman–Crippen MR) is 60.2 cm³/mol. The molecule has 1 aromatic heterocycles. The molecule has 2 nitrogen and oxygen atoms in total. The van der Waals surface area contributed by atoms with E-state index in [2.05, 4.69) is 24.0 Å². The molecular formula is C12H14N2. The zero-order chi connectivity index (χ0) is 9.97. The van der Waals surface area contributed by atoms with Crippen molar-refractivity contribution in [2.75, 3.05) is 5.73 Å². The molecule has 1 aromatic carbocycles. The molecular weight excluding hydrogens is 172 g/mol. The summed E-state index contributed by atoms with van der Waals surface area (Å²) in [5.74, 6) is 0. The van der Waals surface area contributed by atoms with Crippen LogP contribution in [0.1, 0.15) is 19.0 Å². The van der Waals surface area contributed by atoms with Gasteiger partial charge >= 0.3 is 0 Å². The summed E-state index contributed by atoms with van der Waals surface area (Å²) < 4.78 is 0. The number of fused-ring (bicyclic) bond motifs is 1. The Morgan fingerprint density at radius 2 is 2.07 bits per heavy atom. The summed E-state index contributed by atoms with van der Waals surface area (Å²) in [6.45, 7) is 2.16. The first-order valence-electron chi connectivity index (χ1n) is 4.95. The van der Waals surface area contributed by atoms with Gasteiger partial charge in [-0.3, -0.25) is 4.98 Å². The van der Waals surface area contributed by atoms with Crippen LogP contribution in [0.15, 0.2) is 30.3 Å². The van der Waals surface area contributed by atoms with E-state index in [9.17, 15) is 0 Å². The fourth-order valence-corrected chi connectivity index (χ4v) is 1.58. The lowest BCUT2D eigenvalue weighted by molar-refractivity contribution is 0.890. The van der Waals surface area contributed by atoms with E-state index in [0.29, 0.717) is 0 Å². The van der Waals surface area contributed by atoms with Gasteiger partial charge in [-0.25, -0.2) is 0 Å². The molecule has 0 saturated carbocycles. The number of aryl methyl sites for hydroxylation is 1. The van der Waals surface area contributed by atoms with Crippen molar-refractivity contribution >= 4 is 16.6 Å². The second kappa shape index (κ2) is 3.66. The van der Waals surface area contributed by atoms with Crippen molar-refractivity contribution in [3.63, 3.8) is 0 Å². The second-order valence-corrected chi connectivity index (χ2v) is 3.50. The Morgan fingerprint density at radius 1 is 1.21 bits per heavy atom. The number of hydrogen-bond acceptors (Lipinski definition) is 2. The quantitative estimate of drug-likeness (QED) is 0.732. The van der Waals surface area contributed by atoms with Crippen LogP contribution in [0, 0.1) is 0 Å². The maximum absolute atomic E-state index is 5.69. The molecule has 14 heavy (non-hydrogen) atoms. The van der Waals surface area contributed by atoms with E-state index in [1.54, 1.807) is 0 Å². The summed E-state index contributed by atoms with van der Waals surface area (Å²) in [5, 5.41) is 1.12. The number of hydrogen-bond donors (Lipinski definition) is 1. The van der Waals surface area contributed by atoms with Crippen molar-refractivity contribution in [1.29, 1.82) is 0 Å². The number of nitrogens with zero attached hydrogens (tertiary/aromatic N) is 1. The van der Waals surface area contributed by atoms with E-state index >= 15 is 0 Å². The molecule has 2 N–H and O–H groups in total. The topological polar surface area (TPSA) is 38.9 Å². The minimum absolute atomic E-state index is 0.794. The molecule has 1 heterocycles. The maximum Gasteiger partial charge on any atom is 0.0706 e. The molecule has 0 saturated heterocycles. The Balaban J connectivity index is 2.50. The van der Waals surface area contributed by atoms with E-state index in [0.717, 1.165) is 35.1 Å². The van der Waals surface area contributed by atoms with Crippen molar-refractivity contribution < 1.29 is 0 Å². The van der Waals surface area contributed by atoms with Gasteiger partial charge in [0.2, 0.25) is 0 Å². The molecule has 0 atom stereocenters. The van der Waals surface area contributed by atoms with Crippen molar-refractivity contribution in [3.8, 4) is 0 Å². The van der Waals surface area contributed by atoms with Crippen LogP contribution in [0.2, 0.25) is 0 Å². The largest absolute Gasteiger partial charge is 0.399 e. The fraction of sp³-hybridized carbons (Fsp3) is 0.250. The van der Waals surface area contributed by atoms with Crippen LogP contribution in [0.3, 0.4) is 0 Å². The number of nitrogens with two attached hydrogens (primary N) is 1. The second-order valence-electron chi connectivity index (χ2n) is 3.50. The van der Waals surface area contributed by atoms with Gasteiger partial charge < -0.3 is 5.73 Å². The molecule has 0 radical (unpaired) electrons. The third-order valence-electron chi connectivity index (χ3n) is 2.28. The number of rotatable bonds is 2. The zero-order valence-electron chi connectivity index (χ0n) is 8.33. The van der Waals surface area contributed by atoms with E-state index in [1.807, 2.05) is 18.2 Å². The van der Waals surface area contributed by atoms with E-state index in [-0.39, 0.29) is 0 Å². The lowest BCUT2D eigenvalue weighted by Crippen LogP contribution is -1.90. The SMILES string of the molecule is CCCc1ccc2cc(N)ccc2n1. The van der Waals surface area contributed by atoms with Gasteiger partial charge in [-0.15, -0.1) is 0 Å². The van der Waals surface area contributed by atoms with Gasteiger partial charge in [-0.05, 0) is 30.7 Å². The number of pyridine rings is 1. The Bertz CT molecular complexity index is 449. The molecule has 0 spiro atoms. The molecule has 0 unspecified atom stereocenters. The van der Waals surface area contributed by atoms with Crippen LogP contribution in [-0.4, -0.2) is 4.98 Å². The summed E-state index contributed by atoms with van der Waals surface area (Å²) in [7, 11) is 0. The van der Waals surface area contributed by atoms with Gasteiger partial charge in [0, 0.05) is 16.8 Å². The van der Waals surface area contributed by atoms with Gasteiger partial charge in [0.05, 0.1) is 5.52 Å². The third-order valence-corrected chi connectivity index (χ3v) is 2.28. The average Bonchev–Trinajstić information content (AvgIpc) is 2.19. The smallest absolute Gasteiger partial charge is 0.0706 e. The number of benzene rings is 1. The summed E-state index contributed by atoms with van der Waals surface area (Å²) in [4.78, 5) is 4.55. The lowest BCUT2D eigenvalue weighted by Gasteiger charge is -2.02. The number of aromatic nitrogens is 1. The van der Waals surface area contributed by atoms with E-state index in [1.165, 1.54) is 0 Å². The molecule has 2 rings (SSSR count). The summed E-state index contributed by atoms with van der Waals surface area (Å²) in [6, 6.07) is 9.99. The minimum Gasteiger partial charge on any atom is -0.399 e. The highest BCUT2D eigenvalue weighted by atomic mass is 14.7.